The zero-order valence-corrected chi connectivity index (χ0v) is 12.0. The van der Waals surface area contributed by atoms with Crippen LogP contribution in [-0.2, 0) is 13.0 Å². The summed E-state index contributed by atoms with van der Waals surface area (Å²) in [6.07, 6.45) is -1.85. The highest BCUT2D eigenvalue weighted by atomic mass is 16.5. The minimum atomic E-state index is -1.08. The van der Waals surface area contributed by atoms with E-state index in [2.05, 4.69) is 0 Å². The Kier molecular flexibility index (Phi) is 4.07. The van der Waals surface area contributed by atoms with Crippen molar-refractivity contribution in [2.45, 2.75) is 57.7 Å². The van der Waals surface area contributed by atoms with Crippen LogP contribution >= 0.6 is 0 Å². The molecule has 1 aromatic rings. The molecule has 3 unspecified atom stereocenters. The fourth-order valence-electron chi connectivity index (χ4n) is 2.48. The van der Waals surface area contributed by atoms with Crippen LogP contribution in [0.1, 0.15) is 43.6 Å². The van der Waals surface area contributed by atoms with Crippen LogP contribution in [-0.4, -0.2) is 38.2 Å². The number of hydrogen-bond acceptors (Lipinski definition) is 5. The molecule has 0 aromatic heterocycles. The van der Waals surface area contributed by atoms with Crippen molar-refractivity contribution in [3.63, 3.8) is 0 Å². The number of aliphatic hydroxyl groups excluding tert-OH is 3. The van der Waals surface area contributed by atoms with Gasteiger partial charge in [-0.2, -0.15) is 0 Å². The summed E-state index contributed by atoms with van der Waals surface area (Å²) < 4.78 is 5.76. The fraction of sp³-hybridized carbons (Fsp3) is 0.600. The van der Waals surface area contributed by atoms with Gasteiger partial charge in [0.05, 0.1) is 18.3 Å². The lowest BCUT2D eigenvalue weighted by atomic mass is 9.93. The monoisotopic (exact) mass is 282 g/mol. The Morgan fingerprint density at radius 3 is 2.50 bits per heavy atom. The number of ether oxygens (including phenoxy) is 1. The first-order chi connectivity index (χ1) is 9.25. The van der Waals surface area contributed by atoms with Gasteiger partial charge in [-0.1, -0.05) is 12.1 Å². The molecule has 20 heavy (non-hydrogen) atoms. The Morgan fingerprint density at radius 1 is 1.35 bits per heavy atom. The molecule has 0 radical (unpaired) electrons. The maximum atomic E-state index is 10.0. The molecular weight excluding hydrogens is 260 g/mol. The van der Waals surface area contributed by atoms with Crippen LogP contribution in [0.15, 0.2) is 12.1 Å². The van der Waals surface area contributed by atoms with Crippen molar-refractivity contribution in [2.75, 3.05) is 0 Å². The van der Waals surface area contributed by atoms with Gasteiger partial charge in [0.25, 0.3) is 0 Å². The summed E-state index contributed by atoms with van der Waals surface area (Å²) in [7, 11) is 0. The molecule has 0 fully saturated rings. The van der Waals surface area contributed by atoms with E-state index in [4.69, 9.17) is 4.74 Å². The van der Waals surface area contributed by atoms with Gasteiger partial charge in [0, 0.05) is 12.0 Å². The van der Waals surface area contributed by atoms with Crippen LogP contribution in [0.5, 0.6) is 5.75 Å². The van der Waals surface area contributed by atoms with Crippen molar-refractivity contribution in [1.29, 1.82) is 0 Å². The Balaban J connectivity index is 2.41. The first kappa shape index (κ1) is 15.3. The number of benzene rings is 1. The first-order valence-corrected chi connectivity index (χ1v) is 6.76. The van der Waals surface area contributed by atoms with E-state index in [9.17, 15) is 20.4 Å². The van der Waals surface area contributed by atoms with Crippen LogP contribution in [0, 0.1) is 0 Å². The van der Waals surface area contributed by atoms with Crippen molar-refractivity contribution >= 4 is 0 Å². The second-order valence-corrected chi connectivity index (χ2v) is 5.93. The lowest BCUT2D eigenvalue weighted by Gasteiger charge is -2.25. The molecule has 0 amide bonds. The van der Waals surface area contributed by atoms with Crippen LogP contribution in [0.25, 0.3) is 0 Å². The number of fused-ring (bicyclic) bond motifs is 1. The third kappa shape index (κ3) is 2.67. The molecule has 4 N–H and O–H groups in total. The Hall–Kier alpha value is -1.14. The van der Waals surface area contributed by atoms with E-state index in [1.807, 2.05) is 0 Å². The molecule has 1 aliphatic heterocycles. The van der Waals surface area contributed by atoms with E-state index >= 15 is 0 Å². The van der Waals surface area contributed by atoms with Crippen molar-refractivity contribution in [1.82, 2.24) is 0 Å². The largest absolute Gasteiger partial charge is 0.486 e. The predicted molar refractivity (Wildman–Crippen MR) is 73.4 cm³/mol. The molecule has 1 heterocycles. The maximum Gasteiger partial charge on any atom is 0.131 e. The summed E-state index contributed by atoms with van der Waals surface area (Å²) in [5.41, 5.74) is 0.831. The minimum Gasteiger partial charge on any atom is -0.486 e. The van der Waals surface area contributed by atoms with Gasteiger partial charge in [0.1, 0.15) is 18.0 Å². The summed E-state index contributed by atoms with van der Waals surface area (Å²) in [6, 6.07) is 3.50. The molecule has 3 atom stereocenters. The molecule has 0 saturated heterocycles. The number of aliphatic hydroxyl groups is 4. The Morgan fingerprint density at radius 2 is 2.00 bits per heavy atom. The summed E-state index contributed by atoms with van der Waals surface area (Å²) in [4.78, 5) is 0. The second-order valence-electron chi connectivity index (χ2n) is 5.93. The maximum absolute atomic E-state index is 10.0. The predicted octanol–water partition coefficient (Wildman–Crippen LogP) is 0.667. The topological polar surface area (TPSA) is 90.2 Å². The van der Waals surface area contributed by atoms with E-state index < -0.39 is 17.8 Å². The molecule has 1 aromatic carbocycles. The van der Waals surface area contributed by atoms with Gasteiger partial charge < -0.3 is 25.2 Å². The van der Waals surface area contributed by atoms with E-state index in [-0.39, 0.29) is 12.7 Å². The van der Waals surface area contributed by atoms with Gasteiger partial charge in [-0.15, -0.1) is 0 Å². The van der Waals surface area contributed by atoms with E-state index in [0.717, 1.165) is 5.56 Å². The summed E-state index contributed by atoms with van der Waals surface area (Å²) in [5, 5.41) is 39.1. The number of hydrogen-bond donors (Lipinski definition) is 4. The van der Waals surface area contributed by atoms with E-state index in [0.29, 0.717) is 23.3 Å². The van der Waals surface area contributed by atoms with Crippen LogP contribution in [0.3, 0.4) is 0 Å². The lowest BCUT2D eigenvalue weighted by molar-refractivity contribution is -0.0237. The van der Waals surface area contributed by atoms with Gasteiger partial charge >= 0.3 is 0 Å². The van der Waals surface area contributed by atoms with Gasteiger partial charge in [0.15, 0.2) is 0 Å². The van der Waals surface area contributed by atoms with Crippen molar-refractivity contribution in [2.24, 2.45) is 0 Å². The highest BCUT2D eigenvalue weighted by Crippen LogP contribution is 2.39. The van der Waals surface area contributed by atoms with Crippen molar-refractivity contribution < 1.29 is 25.2 Å². The van der Waals surface area contributed by atoms with Crippen LogP contribution < -0.4 is 4.74 Å². The highest BCUT2D eigenvalue weighted by molar-refractivity contribution is 5.50. The molecule has 0 spiro atoms. The molecule has 0 saturated carbocycles. The first-order valence-electron chi connectivity index (χ1n) is 6.76. The zero-order chi connectivity index (χ0) is 15.1. The van der Waals surface area contributed by atoms with Crippen molar-refractivity contribution in [3.8, 4) is 5.75 Å². The summed E-state index contributed by atoms with van der Waals surface area (Å²) in [6.45, 7) is 4.54. The zero-order valence-electron chi connectivity index (χ0n) is 12.0. The lowest BCUT2D eigenvalue weighted by Crippen LogP contribution is -2.39. The van der Waals surface area contributed by atoms with Gasteiger partial charge in [-0.25, -0.2) is 0 Å². The van der Waals surface area contributed by atoms with E-state index in [1.165, 1.54) is 6.92 Å². The van der Waals surface area contributed by atoms with E-state index in [1.54, 1.807) is 26.0 Å². The van der Waals surface area contributed by atoms with Crippen LogP contribution in [0.2, 0.25) is 0 Å². The smallest absolute Gasteiger partial charge is 0.131 e. The second kappa shape index (κ2) is 5.33. The SMILES string of the molecule is CC(O)C(O)c1ccc2c(c1CO)OC(C(C)(C)O)C2. The van der Waals surface area contributed by atoms with Gasteiger partial charge in [0.2, 0.25) is 0 Å². The molecule has 1 aliphatic rings. The Labute approximate surface area is 118 Å². The molecule has 0 bridgehead atoms. The molecular formula is C15H22O5. The van der Waals surface area contributed by atoms with Crippen molar-refractivity contribution in [3.05, 3.63) is 28.8 Å². The third-order valence-electron chi connectivity index (χ3n) is 3.77. The minimum absolute atomic E-state index is 0.291. The molecule has 2 rings (SSSR count). The summed E-state index contributed by atoms with van der Waals surface area (Å²) in [5.74, 6) is 0.511. The summed E-state index contributed by atoms with van der Waals surface area (Å²) >= 11 is 0. The standard InChI is InChI=1S/C15H22O5/c1-8(17)13(18)10-5-4-9-6-12(15(2,3)19)20-14(9)11(10)7-16/h4-5,8,12-13,16-19H,6-7H2,1-3H3. The molecule has 112 valence electrons. The number of rotatable bonds is 4. The highest BCUT2D eigenvalue weighted by Gasteiger charge is 2.37. The third-order valence-corrected chi connectivity index (χ3v) is 3.77. The molecule has 5 nitrogen and oxygen atoms in total. The normalized spacial score (nSPS) is 21.2. The average molecular weight is 282 g/mol. The van der Waals surface area contributed by atoms with Gasteiger partial charge in [-0.3, -0.25) is 0 Å². The Bertz CT molecular complexity index is 490. The fourth-order valence-corrected chi connectivity index (χ4v) is 2.48. The van der Waals surface area contributed by atoms with Gasteiger partial charge in [-0.05, 0) is 31.9 Å². The molecule has 5 heteroatoms. The van der Waals surface area contributed by atoms with Crippen LogP contribution in [0.4, 0.5) is 0 Å². The average Bonchev–Trinajstić information content (AvgIpc) is 2.80. The molecule has 0 aliphatic carbocycles. The quantitative estimate of drug-likeness (QED) is 0.651.